The summed E-state index contributed by atoms with van der Waals surface area (Å²) in [6.07, 6.45) is 0. The van der Waals surface area contributed by atoms with Crippen LogP contribution in [0.25, 0.3) is 0 Å². The highest BCUT2D eigenvalue weighted by atomic mass is 35.5. The van der Waals surface area contributed by atoms with E-state index in [0.717, 1.165) is 34.3 Å². The van der Waals surface area contributed by atoms with E-state index in [1.807, 2.05) is 18.2 Å². The normalized spacial score (nSPS) is 10.5. The minimum absolute atomic E-state index is 0.642. The molecule has 0 aliphatic heterocycles. The summed E-state index contributed by atoms with van der Waals surface area (Å²) in [5.74, 6) is 1.79. The van der Waals surface area contributed by atoms with Gasteiger partial charge in [0, 0.05) is 33.8 Å². The number of aryl methyl sites for hydroxylation is 2. The zero-order valence-corrected chi connectivity index (χ0v) is 16.8. The van der Waals surface area contributed by atoms with Gasteiger partial charge in [-0.05, 0) is 67.0 Å². The molecule has 2 aromatic carbocycles. The SMILES string of the molecule is Cc1ccc(NC(=S)NCCSCc2ccc(Cl)cc2Cl)cc1C. The summed E-state index contributed by atoms with van der Waals surface area (Å²) in [6.45, 7) is 4.99. The average Bonchev–Trinajstić information content (AvgIpc) is 2.52. The van der Waals surface area contributed by atoms with E-state index < -0.39 is 0 Å². The molecule has 0 amide bonds. The highest BCUT2D eigenvalue weighted by Crippen LogP contribution is 2.24. The molecule has 6 heteroatoms. The molecule has 2 N–H and O–H groups in total. The van der Waals surface area contributed by atoms with Crippen molar-refractivity contribution in [3.63, 3.8) is 0 Å². The maximum Gasteiger partial charge on any atom is 0.170 e. The summed E-state index contributed by atoms with van der Waals surface area (Å²) in [7, 11) is 0. The fourth-order valence-corrected chi connectivity index (χ4v) is 3.69. The smallest absolute Gasteiger partial charge is 0.170 e. The molecule has 128 valence electrons. The molecule has 0 bridgehead atoms. The first-order chi connectivity index (χ1) is 11.5. The number of thiocarbonyl (C=S) groups is 1. The minimum atomic E-state index is 0.642. The first kappa shape index (κ1) is 19.4. The molecule has 0 saturated heterocycles. The van der Waals surface area contributed by atoms with E-state index in [0.29, 0.717) is 10.1 Å². The second-order valence-corrected chi connectivity index (χ2v) is 7.83. The van der Waals surface area contributed by atoms with Gasteiger partial charge in [0.2, 0.25) is 0 Å². The Labute approximate surface area is 163 Å². The lowest BCUT2D eigenvalue weighted by molar-refractivity contribution is 0.989. The van der Waals surface area contributed by atoms with Gasteiger partial charge in [-0.25, -0.2) is 0 Å². The van der Waals surface area contributed by atoms with Crippen molar-refractivity contribution in [2.45, 2.75) is 19.6 Å². The Morgan fingerprint density at radius 2 is 1.88 bits per heavy atom. The zero-order chi connectivity index (χ0) is 17.5. The van der Waals surface area contributed by atoms with Gasteiger partial charge in [-0.3, -0.25) is 0 Å². The number of rotatable bonds is 6. The Morgan fingerprint density at radius 3 is 2.58 bits per heavy atom. The number of thioether (sulfide) groups is 1. The van der Waals surface area contributed by atoms with Gasteiger partial charge in [-0.15, -0.1) is 0 Å². The van der Waals surface area contributed by atoms with Crippen LogP contribution in [0.4, 0.5) is 5.69 Å². The van der Waals surface area contributed by atoms with Crippen LogP contribution < -0.4 is 10.6 Å². The van der Waals surface area contributed by atoms with E-state index in [2.05, 4.69) is 36.6 Å². The van der Waals surface area contributed by atoms with Crippen molar-refractivity contribution < 1.29 is 0 Å². The van der Waals surface area contributed by atoms with Crippen LogP contribution in [-0.2, 0) is 5.75 Å². The largest absolute Gasteiger partial charge is 0.362 e. The highest BCUT2D eigenvalue weighted by Gasteiger charge is 2.02. The van der Waals surface area contributed by atoms with Gasteiger partial charge < -0.3 is 10.6 Å². The molecule has 0 aliphatic carbocycles. The van der Waals surface area contributed by atoms with Gasteiger partial charge in [0.25, 0.3) is 0 Å². The first-order valence-corrected chi connectivity index (χ1v) is 9.91. The van der Waals surface area contributed by atoms with Crippen molar-refractivity contribution in [3.05, 3.63) is 63.1 Å². The van der Waals surface area contributed by atoms with Crippen LogP contribution in [0.15, 0.2) is 36.4 Å². The molecule has 0 aliphatic rings. The Balaban J connectivity index is 1.68. The molecule has 2 rings (SSSR count). The number of nitrogens with one attached hydrogen (secondary N) is 2. The van der Waals surface area contributed by atoms with Crippen molar-refractivity contribution >= 4 is 58.0 Å². The maximum absolute atomic E-state index is 6.16. The molecule has 0 aromatic heterocycles. The third-order valence-electron chi connectivity index (χ3n) is 3.57. The number of hydrogen-bond acceptors (Lipinski definition) is 2. The van der Waals surface area contributed by atoms with Gasteiger partial charge in [-0.2, -0.15) is 11.8 Å². The van der Waals surface area contributed by atoms with Crippen molar-refractivity contribution in [1.29, 1.82) is 0 Å². The Morgan fingerprint density at radius 1 is 1.08 bits per heavy atom. The van der Waals surface area contributed by atoms with Gasteiger partial charge in [-0.1, -0.05) is 35.3 Å². The standard InChI is InChI=1S/C18H20Cl2N2S2/c1-12-3-6-16(9-13(12)2)22-18(23)21-7-8-24-11-14-4-5-15(19)10-17(14)20/h3-6,9-10H,7-8,11H2,1-2H3,(H2,21,22,23). The van der Waals surface area contributed by atoms with Crippen LogP contribution in [-0.4, -0.2) is 17.4 Å². The summed E-state index contributed by atoms with van der Waals surface area (Å²) in [5.41, 5.74) is 4.63. The summed E-state index contributed by atoms with van der Waals surface area (Å²) in [5, 5.41) is 8.45. The summed E-state index contributed by atoms with van der Waals surface area (Å²) in [6, 6.07) is 11.8. The molecule has 2 aromatic rings. The number of hydrogen-bond donors (Lipinski definition) is 2. The Bertz CT molecular complexity index is 720. The van der Waals surface area contributed by atoms with E-state index in [1.165, 1.54) is 11.1 Å². The molecule has 0 heterocycles. The van der Waals surface area contributed by atoms with E-state index in [1.54, 1.807) is 17.8 Å². The molecule has 0 atom stereocenters. The summed E-state index contributed by atoms with van der Waals surface area (Å²) < 4.78 is 0. The number of halogens is 2. The quantitative estimate of drug-likeness (QED) is 0.471. The third-order valence-corrected chi connectivity index (χ3v) is 5.41. The fourth-order valence-electron chi connectivity index (χ4n) is 2.05. The average molecular weight is 399 g/mol. The second-order valence-electron chi connectivity index (χ2n) is 5.47. The van der Waals surface area contributed by atoms with Crippen molar-refractivity contribution in [3.8, 4) is 0 Å². The molecule has 0 radical (unpaired) electrons. The molecule has 2 nitrogen and oxygen atoms in total. The van der Waals surface area contributed by atoms with Gasteiger partial charge in [0.1, 0.15) is 0 Å². The first-order valence-electron chi connectivity index (χ1n) is 7.59. The lowest BCUT2D eigenvalue weighted by Gasteiger charge is -2.12. The van der Waals surface area contributed by atoms with Crippen LogP contribution >= 0.6 is 47.2 Å². The monoisotopic (exact) mass is 398 g/mol. The topological polar surface area (TPSA) is 24.1 Å². The van der Waals surface area contributed by atoms with Crippen molar-refractivity contribution in [1.82, 2.24) is 5.32 Å². The summed E-state index contributed by atoms with van der Waals surface area (Å²) >= 11 is 19.2. The number of benzene rings is 2. The van der Waals surface area contributed by atoms with Gasteiger partial charge in [0.15, 0.2) is 5.11 Å². The predicted octanol–water partition coefficient (Wildman–Crippen LogP) is 5.83. The van der Waals surface area contributed by atoms with Crippen LogP contribution in [0.5, 0.6) is 0 Å². The predicted molar refractivity (Wildman–Crippen MR) is 113 cm³/mol. The Kier molecular flexibility index (Phi) is 7.69. The molecule has 0 unspecified atom stereocenters. The van der Waals surface area contributed by atoms with Crippen LogP contribution in [0, 0.1) is 13.8 Å². The molecular weight excluding hydrogens is 379 g/mol. The zero-order valence-electron chi connectivity index (χ0n) is 13.7. The molecule has 0 fully saturated rings. The van der Waals surface area contributed by atoms with Crippen LogP contribution in [0.3, 0.4) is 0 Å². The van der Waals surface area contributed by atoms with Crippen molar-refractivity contribution in [2.24, 2.45) is 0 Å². The molecule has 24 heavy (non-hydrogen) atoms. The molecule has 0 spiro atoms. The number of anilines is 1. The maximum atomic E-state index is 6.16. The second kappa shape index (κ2) is 9.52. The lowest BCUT2D eigenvalue weighted by Crippen LogP contribution is -2.30. The van der Waals surface area contributed by atoms with E-state index in [-0.39, 0.29) is 0 Å². The lowest BCUT2D eigenvalue weighted by atomic mass is 10.1. The fraction of sp³-hybridized carbons (Fsp3) is 0.278. The van der Waals surface area contributed by atoms with E-state index in [9.17, 15) is 0 Å². The minimum Gasteiger partial charge on any atom is -0.362 e. The molecular formula is C18H20Cl2N2S2. The summed E-state index contributed by atoms with van der Waals surface area (Å²) in [4.78, 5) is 0. The highest BCUT2D eigenvalue weighted by molar-refractivity contribution is 7.98. The third kappa shape index (κ3) is 6.17. The Hall–Kier alpha value is -0.940. The van der Waals surface area contributed by atoms with Crippen LogP contribution in [0.1, 0.15) is 16.7 Å². The van der Waals surface area contributed by atoms with Crippen LogP contribution in [0.2, 0.25) is 10.0 Å². The van der Waals surface area contributed by atoms with Crippen molar-refractivity contribution in [2.75, 3.05) is 17.6 Å². The van der Waals surface area contributed by atoms with E-state index in [4.69, 9.17) is 35.4 Å². The molecule has 0 saturated carbocycles. The van der Waals surface area contributed by atoms with Gasteiger partial charge in [0.05, 0.1) is 0 Å². The van der Waals surface area contributed by atoms with Gasteiger partial charge >= 0.3 is 0 Å². The van der Waals surface area contributed by atoms with E-state index >= 15 is 0 Å².